The molecule has 4 rings (SSSR count). The maximum Gasteiger partial charge on any atom is 0.345 e. The zero-order valence-corrected chi connectivity index (χ0v) is 17.3. The molecule has 1 atom stereocenters. The number of ether oxygens (including phenoxy) is 1. The molecule has 0 spiro atoms. The number of guanidine groups is 1. The summed E-state index contributed by atoms with van der Waals surface area (Å²) in [5.74, 6) is 1.79. The minimum atomic E-state index is -0.00793. The van der Waals surface area contributed by atoms with E-state index in [4.69, 9.17) is 4.74 Å². The Morgan fingerprint density at radius 1 is 1.38 bits per heavy atom. The van der Waals surface area contributed by atoms with E-state index in [2.05, 4.69) is 25.4 Å². The summed E-state index contributed by atoms with van der Waals surface area (Å²) in [6, 6.07) is 0. The fourth-order valence-corrected chi connectivity index (χ4v) is 4.01. The summed E-state index contributed by atoms with van der Waals surface area (Å²) in [5.41, 5.74) is 1.10. The van der Waals surface area contributed by atoms with Gasteiger partial charge in [-0.25, -0.2) is 9.48 Å². The van der Waals surface area contributed by atoms with E-state index in [1.54, 1.807) is 16.4 Å². The molecule has 0 bridgehead atoms. The number of aliphatic imine (C=N–C) groups is 1. The van der Waals surface area contributed by atoms with Crippen LogP contribution in [0.25, 0.3) is 0 Å². The summed E-state index contributed by atoms with van der Waals surface area (Å²) in [4.78, 5) is 19.0. The van der Waals surface area contributed by atoms with Crippen LogP contribution in [0.4, 0.5) is 0 Å². The van der Waals surface area contributed by atoms with Gasteiger partial charge in [0.05, 0.1) is 19.3 Å². The lowest BCUT2D eigenvalue weighted by molar-refractivity contribution is -0.00802. The molecule has 0 amide bonds. The Hall–Kier alpha value is -2.62. The molecule has 4 heterocycles. The molecule has 1 N–H and O–H groups in total. The molecule has 0 radical (unpaired) electrons. The van der Waals surface area contributed by atoms with Gasteiger partial charge < -0.3 is 15.0 Å². The molecule has 1 unspecified atom stereocenters. The fraction of sp³-hybridized carbons (Fsp3) is 0.684. The number of nitrogens with one attached hydrogen (secondary N) is 1. The van der Waals surface area contributed by atoms with Crippen molar-refractivity contribution >= 4 is 5.96 Å². The van der Waals surface area contributed by atoms with Crippen molar-refractivity contribution < 1.29 is 4.74 Å². The fourth-order valence-electron chi connectivity index (χ4n) is 4.01. The lowest BCUT2D eigenvalue weighted by Gasteiger charge is -2.34. The van der Waals surface area contributed by atoms with Crippen LogP contribution >= 0.6 is 0 Å². The summed E-state index contributed by atoms with van der Waals surface area (Å²) < 4.78 is 11.1. The minimum absolute atomic E-state index is 0.00793. The van der Waals surface area contributed by atoms with E-state index < -0.39 is 0 Å². The average molecular weight is 403 g/mol. The van der Waals surface area contributed by atoms with Gasteiger partial charge in [-0.2, -0.15) is 10.2 Å². The molecule has 10 heteroatoms. The molecule has 158 valence electrons. The van der Waals surface area contributed by atoms with Crippen LogP contribution in [0.5, 0.6) is 0 Å². The first-order chi connectivity index (χ1) is 14.2. The highest BCUT2D eigenvalue weighted by atomic mass is 16.5. The monoisotopic (exact) mass is 402 g/mol. The molecule has 2 aromatic rings. The van der Waals surface area contributed by atoms with Gasteiger partial charge in [-0.05, 0) is 19.3 Å². The summed E-state index contributed by atoms with van der Waals surface area (Å²) >= 11 is 0. The van der Waals surface area contributed by atoms with Crippen LogP contribution in [0, 0.1) is 0 Å². The molecule has 0 saturated carbocycles. The average Bonchev–Trinajstić information content (AvgIpc) is 3.32. The Balaban J connectivity index is 1.28. The maximum absolute atomic E-state index is 12.4. The molecule has 1 fully saturated rings. The third-order valence-electron chi connectivity index (χ3n) is 5.54. The second-order valence-electron chi connectivity index (χ2n) is 7.61. The third kappa shape index (κ3) is 4.36. The number of rotatable bonds is 5. The van der Waals surface area contributed by atoms with Gasteiger partial charge in [-0.15, -0.1) is 0 Å². The first kappa shape index (κ1) is 19.7. The molecule has 29 heavy (non-hydrogen) atoms. The van der Waals surface area contributed by atoms with Gasteiger partial charge in [-0.1, -0.05) is 0 Å². The topological polar surface area (TPSA) is 94.5 Å². The van der Waals surface area contributed by atoms with Crippen molar-refractivity contribution in [2.75, 3.05) is 33.3 Å². The quantitative estimate of drug-likeness (QED) is 0.435. The first-order valence-corrected chi connectivity index (χ1v) is 10.4. The number of fused-ring (bicyclic) bond motifs is 1. The van der Waals surface area contributed by atoms with Gasteiger partial charge in [0, 0.05) is 58.5 Å². The van der Waals surface area contributed by atoms with Gasteiger partial charge in [0.2, 0.25) is 0 Å². The van der Waals surface area contributed by atoms with Crippen molar-refractivity contribution in [2.24, 2.45) is 12.0 Å². The van der Waals surface area contributed by atoms with E-state index in [0.717, 1.165) is 69.2 Å². The van der Waals surface area contributed by atoms with Gasteiger partial charge >= 0.3 is 5.69 Å². The smallest absolute Gasteiger partial charge is 0.345 e. The van der Waals surface area contributed by atoms with E-state index in [-0.39, 0.29) is 11.8 Å². The Kier molecular flexibility index (Phi) is 5.98. The molecule has 1 saturated heterocycles. The Bertz CT molecular complexity index is 912. The number of aryl methyl sites for hydroxylation is 3. The maximum atomic E-state index is 12.4. The highest BCUT2D eigenvalue weighted by molar-refractivity contribution is 5.80. The Labute approximate surface area is 170 Å². The number of morpholine rings is 1. The summed E-state index contributed by atoms with van der Waals surface area (Å²) in [6.45, 7) is 4.33. The van der Waals surface area contributed by atoms with E-state index in [9.17, 15) is 4.79 Å². The van der Waals surface area contributed by atoms with E-state index in [0.29, 0.717) is 13.2 Å². The van der Waals surface area contributed by atoms with Crippen LogP contribution in [0.3, 0.4) is 0 Å². The molecule has 2 aromatic heterocycles. The normalized spacial score (nSPS) is 20.0. The van der Waals surface area contributed by atoms with Crippen LogP contribution in [-0.4, -0.2) is 68.3 Å². The predicted octanol–water partition coefficient (Wildman–Crippen LogP) is 0.154. The van der Waals surface area contributed by atoms with Crippen molar-refractivity contribution in [1.82, 2.24) is 34.3 Å². The Morgan fingerprint density at radius 3 is 3.03 bits per heavy atom. The molecule has 2 aliphatic heterocycles. The largest absolute Gasteiger partial charge is 0.370 e. The Morgan fingerprint density at radius 2 is 2.28 bits per heavy atom. The second-order valence-corrected chi connectivity index (χ2v) is 7.61. The van der Waals surface area contributed by atoms with Gasteiger partial charge in [0.1, 0.15) is 11.9 Å². The molecular formula is C19H30N8O2. The lowest BCUT2D eigenvalue weighted by Crippen LogP contribution is -2.48. The summed E-state index contributed by atoms with van der Waals surface area (Å²) in [7, 11) is 3.71. The number of aromatic nitrogens is 5. The number of hydrogen-bond acceptors (Lipinski definition) is 5. The molecule has 0 aliphatic carbocycles. The molecule has 10 nitrogen and oxygen atoms in total. The van der Waals surface area contributed by atoms with E-state index >= 15 is 0 Å². The van der Waals surface area contributed by atoms with Crippen molar-refractivity contribution in [3.63, 3.8) is 0 Å². The van der Waals surface area contributed by atoms with Gasteiger partial charge in [0.25, 0.3) is 0 Å². The summed E-state index contributed by atoms with van der Waals surface area (Å²) in [6.07, 6.45) is 7.74. The van der Waals surface area contributed by atoms with Gasteiger partial charge in [-0.3, -0.25) is 14.2 Å². The molecule has 2 aliphatic rings. The van der Waals surface area contributed by atoms with Crippen molar-refractivity contribution in [1.29, 1.82) is 0 Å². The zero-order valence-electron chi connectivity index (χ0n) is 17.3. The van der Waals surface area contributed by atoms with E-state index in [1.807, 2.05) is 24.0 Å². The van der Waals surface area contributed by atoms with E-state index in [1.165, 1.54) is 0 Å². The van der Waals surface area contributed by atoms with Crippen LogP contribution in [0.1, 0.15) is 36.8 Å². The highest BCUT2D eigenvalue weighted by Gasteiger charge is 2.25. The lowest BCUT2D eigenvalue weighted by atomic mass is 10.1. The van der Waals surface area contributed by atoms with Crippen LogP contribution in [0.2, 0.25) is 0 Å². The van der Waals surface area contributed by atoms with Crippen molar-refractivity contribution in [3.8, 4) is 0 Å². The van der Waals surface area contributed by atoms with Crippen LogP contribution in [0.15, 0.2) is 22.2 Å². The minimum Gasteiger partial charge on any atom is -0.370 e. The third-order valence-corrected chi connectivity index (χ3v) is 5.54. The van der Waals surface area contributed by atoms with Crippen molar-refractivity contribution in [3.05, 3.63) is 34.3 Å². The SMILES string of the molecule is CN=C(NCCCn1nc2n(c1=O)CCCC2)N1CCOC(c2cnn(C)c2)C1. The predicted molar refractivity (Wildman–Crippen MR) is 109 cm³/mol. The molecule has 0 aromatic carbocycles. The summed E-state index contributed by atoms with van der Waals surface area (Å²) in [5, 5.41) is 12.2. The standard InChI is InChI=1S/C19H30N8O2/c1-20-18(25-10-11-29-16(14-25)15-12-22-24(2)13-15)21-7-5-9-27-19(28)26-8-4-3-6-17(26)23-27/h12-13,16H,3-11,14H2,1-2H3,(H,20,21). The van der Waals surface area contributed by atoms with Crippen LogP contribution in [-0.2, 0) is 31.3 Å². The second kappa shape index (κ2) is 8.81. The van der Waals surface area contributed by atoms with Gasteiger partial charge in [0.15, 0.2) is 5.96 Å². The highest BCUT2D eigenvalue weighted by Crippen LogP contribution is 2.21. The molecular weight excluding hydrogens is 372 g/mol. The number of hydrogen-bond donors (Lipinski definition) is 1. The number of nitrogens with zero attached hydrogens (tertiary/aromatic N) is 7. The van der Waals surface area contributed by atoms with Crippen molar-refractivity contribution in [2.45, 2.75) is 44.9 Å². The van der Waals surface area contributed by atoms with Crippen LogP contribution < -0.4 is 11.0 Å². The first-order valence-electron chi connectivity index (χ1n) is 10.4. The zero-order chi connectivity index (χ0) is 20.2.